The van der Waals surface area contributed by atoms with Crippen molar-refractivity contribution in [1.29, 1.82) is 0 Å². The van der Waals surface area contributed by atoms with E-state index < -0.39 is 5.79 Å². The topological polar surface area (TPSA) is 49.2 Å². The van der Waals surface area contributed by atoms with E-state index in [1.807, 2.05) is 33.0 Å². The number of hydrogen-bond donors (Lipinski definition) is 0. The molecule has 0 aliphatic carbocycles. The molecular weight excluding hydrogens is 326 g/mol. The summed E-state index contributed by atoms with van der Waals surface area (Å²) < 4.78 is 13.7. The molecule has 1 aliphatic rings. The smallest absolute Gasteiger partial charge is 0.244 e. The molecule has 0 fully saturated rings. The molecule has 6 heteroatoms. The monoisotopic (exact) mass is 347 g/mol. The zero-order chi connectivity index (χ0) is 17.5. The SMILES string of the molecule is C=C(C)C[C@H](C)[C@H](C1=COC(C)(C)O1)n1ccc2c(Cl)ncnc21. The summed E-state index contributed by atoms with van der Waals surface area (Å²) >= 11 is 6.19. The quantitative estimate of drug-likeness (QED) is 0.573. The van der Waals surface area contributed by atoms with Crippen LogP contribution >= 0.6 is 11.6 Å². The van der Waals surface area contributed by atoms with Crippen LogP contribution in [0.5, 0.6) is 0 Å². The largest absolute Gasteiger partial charge is 0.457 e. The molecule has 0 saturated carbocycles. The number of nitrogens with zero attached hydrogens (tertiary/aromatic N) is 3. The first-order valence-electron chi connectivity index (χ1n) is 7.97. The van der Waals surface area contributed by atoms with Gasteiger partial charge in [0.1, 0.15) is 23.4 Å². The maximum absolute atomic E-state index is 6.19. The van der Waals surface area contributed by atoms with Crippen LogP contribution in [0.15, 0.2) is 42.8 Å². The Balaban J connectivity index is 2.07. The Hall–Kier alpha value is -2.01. The van der Waals surface area contributed by atoms with E-state index in [-0.39, 0.29) is 12.0 Å². The van der Waals surface area contributed by atoms with E-state index in [2.05, 4.69) is 28.0 Å². The highest BCUT2D eigenvalue weighted by Crippen LogP contribution is 2.39. The van der Waals surface area contributed by atoms with Crippen LogP contribution in [0.1, 0.15) is 40.2 Å². The molecule has 0 amide bonds. The summed E-state index contributed by atoms with van der Waals surface area (Å²) in [7, 11) is 0. The summed E-state index contributed by atoms with van der Waals surface area (Å²) in [5.74, 6) is 0.364. The minimum absolute atomic E-state index is 0.0630. The maximum atomic E-state index is 6.19. The van der Waals surface area contributed by atoms with Crippen LogP contribution in [0.25, 0.3) is 11.0 Å². The fourth-order valence-corrected chi connectivity index (χ4v) is 3.37. The van der Waals surface area contributed by atoms with Gasteiger partial charge >= 0.3 is 0 Å². The molecule has 1 aliphatic heterocycles. The van der Waals surface area contributed by atoms with Gasteiger partial charge in [0.15, 0.2) is 5.76 Å². The lowest BCUT2D eigenvalue weighted by molar-refractivity contribution is -0.121. The van der Waals surface area contributed by atoms with Crippen molar-refractivity contribution in [2.75, 3.05) is 0 Å². The van der Waals surface area contributed by atoms with Gasteiger partial charge in [0, 0.05) is 20.0 Å². The molecule has 0 spiro atoms. The molecule has 0 unspecified atom stereocenters. The van der Waals surface area contributed by atoms with Crippen LogP contribution in [-0.2, 0) is 9.47 Å². The van der Waals surface area contributed by atoms with E-state index >= 15 is 0 Å². The summed E-state index contributed by atoms with van der Waals surface area (Å²) in [6, 6.07) is 1.87. The number of allylic oxidation sites excluding steroid dienone is 2. The van der Waals surface area contributed by atoms with Gasteiger partial charge in [-0.15, -0.1) is 6.58 Å². The number of aromatic nitrogens is 3. The molecule has 0 bridgehead atoms. The van der Waals surface area contributed by atoms with Gasteiger partial charge in [0.25, 0.3) is 0 Å². The van der Waals surface area contributed by atoms with Gasteiger partial charge in [-0.1, -0.05) is 24.1 Å². The Morgan fingerprint density at radius 3 is 2.79 bits per heavy atom. The van der Waals surface area contributed by atoms with E-state index in [9.17, 15) is 0 Å². The minimum Gasteiger partial charge on any atom is -0.457 e. The van der Waals surface area contributed by atoms with E-state index in [1.54, 1.807) is 6.26 Å². The third-order valence-electron chi connectivity index (χ3n) is 4.08. The third kappa shape index (κ3) is 3.13. The van der Waals surface area contributed by atoms with Gasteiger partial charge < -0.3 is 14.0 Å². The zero-order valence-electron chi connectivity index (χ0n) is 14.4. The van der Waals surface area contributed by atoms with Gasteiger partial charge in [0.05, 0.1) is 11.4 Å². The van der Waals surface area contributed by atoms with Crippen molar-refractivity contribution < 1.29 is 9.47 Å². The van der Waals surface area contributed by atoms with Crippen molar-refractivity contribution in [2.24, 2.45) is 5.92 Å². The number of hydrogen-bond acceptors (Lipinski definition) is 4. The second kappa shape index (κ2) is 6.13. The lowest BCUT2D eigenvalue weighted by atomic mass is 9.93. The highest BCUT2D eigenvalue weighted by Gasteiger charge is 2.36. The average molecular weight is 348 g/mol. The van der Waals surface area contributed by atoms with Crippen LogP contribution in [0.2, 0.25) is 5.15 Å². The lowest BCUT2D eigenvalue weighted by Crippen LogP contribution is -2.25. The van der Waals surface area contributed by atoms with Crippen LogP contribution in [-0.4, -0.2) is 20.3 Å². The molecule has 5 nitrogen and oxygen atoms in total. The van der Waals surface area contributed by atoms with Crippen LogP contribution in [0, 0.1) is 5.92 Å². The molecule has 128 valence electrons. The van der Waals surface area contributed by atoms with Gasteiger partial charge in [0.2, 0.25) is 5.79 Å². The number of ether oxygens (including phenoxy) is 2. The van der Waals surface area contributed by atoms with Crippen LogP contribution < -0.4 is 0 Å². The molecule has 2 aromatic rings. The number of fused-ring (bicyclic) bond motifs is 1. The van der Waals surface area contributed by atoms with Crippen molar-refractivity contribution in [3.05, 3.63) is 47.9 Å². The Labute approximate surface area is 146 Å². The Morgan fingerprint density at radius 2 is 2.17 bits per heavy atom. The van der Waals surface area contributed by atoms with Crippen molar-refractivity contribution >= 4 is 22.6 Å². The Morgan fingerprint density at radius 1 is 1.42 bits per heavy atom. The maximum Gasteiger partial charge on any atom is 0.244 e. The molecule has 0 saturated heterocycles. The van der Waals surface area contributed by atoms with Gasteiger partial charge in [-0.3, -0.25) is 0 Å². The first-order chi connectivity index (χ1) is 11.3. The molecule has 24 heavy (non-hydrogen) atoms. The van der Waals surface area contributed by atoms with Gasteiger partial charge in [-0.2, -0.15) is 0 Å². The summed E-state index contributed by atoms with van der Waals surface area (Å²) in [5.41, 5.74) is 1.90. The molecule has 0 aromatic carbocycles. The highest BCUT2D eigenvalue weighted by atomic mass is 35.5. The summed E-state index contributed by atoms with van der Waals surface area (Å²) in [6.45, 7) is 12.0. The van der Waals surface area contributed by atoms with E-state index in [0.29, 0.717) is 5.15 Å². The second-order valence-electron chi connectivity index (χ2n) is 6.85. The van der Waals surface area contributed by atoms with Crippen molar-refractivity contribution in [3.63, 3.8) is 0 Å². The molecular formula is C18H22ClN3O2. The molecule has 3 rings (SSSR count). The molecule has 0 N–H and O–H groups in total. The summed E-state index contributed by atoms with van der Waals surface area (Å²) in [5, 5.41) is 1.27. The normalized spacial score (nSPS) is 18.6. The van der Waals surface area contributed by atoms with E-state index in [0.717, 1.165) is 28.8 Å². The standard InChI is InChI=1S/C18H22ClN3O2/c1-11(2)8-12(3)15(14-9-23-18(4,5)24-14)22-7-6-13-16(19)20-10-21-17(13)22/h6-7,9-10,12,15H,1,8H2,2-5H3/t12-,15+/m0/s1. The first kappa shape index (κ1) is 16.8. The van der Waals surface area contributed by atoms with E-state index in [1.165, 1.54) is 6.33 Å². The Kier molecular flexibility index (Phi) is 4.30. The predicted octanol–water partition coefficient (Wildman–Crippen LogP) is 4.85. The van der Waals surface area contributed by atoms with Crippen molar-refractivity contribution in [1.82, 2.24) is 14.5 Å². The van der Waals surface area contributed by atoms with E-state index in [4.69, 9.17) is 21.1 Å². The van der Waals surface area contributed by atoms with Crippen LogP contribution in [0.3, 0.4) is 0 Å². The van der Waals surface area contributed by atoms with Gasteiger partial charge in [-0.05, 0) is 25.3 Å². The third-order valence-corrected chi connectivity index (χ3v) is 4.38. The van der Waals surface area contributed by atoms with Crippen LogP contribution in [0.4, 0.5) is 0 Å². The Bertz CT molecular complexity index is 810. The zero-order valence-corrected chi connectivity index (χ0v) is 15.2. The molecule has 2 atom stereocenters. The molecule has 3 heterocycles. The van der Waals surface area contributed by atoms with Gasteiger partial charge in [-0.25, -0.2) is 9.97 Å². The summed E-state index contributed by atoms with van der Waals surface area (Å²) in [6.07, 6.45) is 6.02. The molecule has 2 aromatic heterocycles. The molecule has 0 radical (unpaired) electrons. The summed E-state index contributed by atoms with van der Waals surface area (Å²) in [4.78, 5) is 8.46. The predicted molar refractivity (Wildman–Crippen MR) is 94.5 cm³/mol. The lowest BCUT2D eigenvalue weighted by Gasteiger charge is -2.28. The fraction of sp³-hybridized carbons (Fsp3) is 0.444. The fourth-order valence-electron chi connectivity index (χ4n) is 3.18. The second-order valence-corrected chi connectivity index (χ2v) is 7.21. The highest BCUT2D eigenvalue weighted by molar-refractivity contribution is 6.33. The average Bonchev–Trinajstić information content (AvgIpc) is 3.04. The number of rotatable bonds is 5. The number of halogens is 1. The van der Waals surface area contributed by atoms with Crippen molar-refractivity contribution in [3.8, 4) is 0 Å². The first-order valence-corrected chi connectivity index (χ1v) is 8.34. The minimum atomic E-state index is -0.661. The van der Waals surface area contributed by atoms with Crippen molar-refractivity contribution in [2.45, 2.75) is 45.9 Å².